The normalized spacial score (nSPS) is 31.0. The summed E-state index contributed by atoms with van der Waals surface area (Å²) in [4.78, 5) is 2.66. The first-order chi connectivity index (χ1) is 9.73. The lowest BCUT2D eigenvalue weighted by Gasteiger charge is -2.43. The molecule has 2 fully saturated rings. The smallest absolute Gasteiger partial charge is 0.108 e. The van der Waals surface area contributed by atoms with Crippen LogP contribution in [0, 0.1) is 17.2 Å². The molecule has 2 aliphatic rings. The van der Waals surface area contributed by atoms with E-state index in [9.17, 15) is 5.26 Å². The van der Waals surface area contributed by atoms with Gasteiger partial charge in [-0.25, -0.2) is 0 Å². The van der Waals surface area contributed by atoms with Crippen LogP contribution in [0.3, 0.4) is 0 Å². The predicted molar refractivity (Wildman–Crippen MR) is 83.5 cm³/mol. The summed E-state index contributed by atoms with van der Waals surface area (Å²) in [5, 5.41) is 13.2. The second kappa shape index (κ2) is 7.43. The second-order valence-corrected chi connectivity index (χ2v) is 6.76. The second-order valence-electron chi connectivity index (χ2n) is 6.76. The lowest BCUT2D eigenvalue weighted by atomic mass is 9.78. The third kappa shape index (κ3) is 3.74. The Labute approximate surface area is 124 Å². The molecule has 0 radical (unpaired) electrons. The van der Waals surface area contributed by atoms with Crippen molar-refractivity contribution in [3.05, 3.63) is 0 Å². The van der Waals surface area contributed by atoms with Gasteiger partial charge >= 0.3 is 0 Å². The fraction of sp³-hybridized carbons (Fsp3) is 0.941. The zero-order valence-corrected chi connectivity index (χ0v) is 13.3. The zero-order valence-electron chi connectivity index (χ0n) is 13.3. The molecule has 2 atom stereocenters. The Kier molecular flexibility index (Phi) is 5.86. The summed E-state index contributed by atoms with van der Waals surface area (Å²) in [5.74, 6) is 0.928. The zero-order chi connectivity index (χ0) is 14.4. The van der Waals surface area contributed by atoms with E-state index in [4.69, 9.17) is 0 Å². The van der Waals surface area contributed by atoms with Crippen LogP contribution in [0.5, 0.6) is 0 Å². The monoisotopic (exact) mass is 277 g/mol. The van der Waals surface area contributed by atoms with Crippen molar-refractivity contribution in [2.24, 2.45) is 5.92 Å². The molecule has 0 aromatic rings. The Morgan fingerprint density at radius 1 is 1.25 bits per heavy atom. The molecule has 0 heterocycles. The summed E-state index contributed by atoms with van der Waals surface area (Å²) in [6.07, 6.45) is 9.88. The van der Waals surface area contributed by atoms with E-state index in [2.05, 4.69) is 30.1 Å². The van der Waals surface area contributed by atoms with Crippen LogP contribution in [0.2, 0.25) is 0 Å². The SMILES string of the molecule is CCCNC1(C#N)CCCC(N(CC)CC2CCC2)C1. The lowest BCUT2D eigenvalue weighted by molar-refractivity contribution is 0.0904. The van der Waals surface area contributed by atoms with Crippen LogP contribution in [0.25, 0.3) is 0 Å². The molecule has 2 saturated carbocycles. The van der Waals surface area contributed by atoms with Gasteiger partial charge in [0, 0.05) is 12.6 Å². The third-order valence-corrected chi connectivity index (χ3v) is 5.29. The van der Waals surface area contributed by atoms with E-state index in [-0.39, 0.29) is 5.54 Å². The van der Waals surface area contributed by atoms with E-state index in [1.54, 1.807) is 0 Å². The lowest BCUT2D eigenvalue weighted by Crippen LogP contribution is -2.53. The molecular weight excluding hydrogens is 246 g/mol. The van der Waals surface area contributed by atoms with E-state index in [0.717, 1.165) is 38.3 Å². The summed E-state index contributed by atoms with van der Waals surface area (Å²) in [5.41, 5.74) is -0.258. The number of rotatable bonds is 7. The van der Waals surface area contributed by atoms with Crippen molar-refractivity contribution >= 4 is 0 Å². The number of hydrogen-bond donors (Lipinski definition) is 1. The Bertz CT molecular complexity index is 332. The van der Waals surface area contributed by atoms with E-state index < -0.39 is 0 Å². The first-order valence-electron chi connectivity index (χ1n) is 8.63. The number of hydrogen-bond acceptors (Lipinski definition) is 3. The van der Waals surface area contributed by atoms with Crippen molar-refractivity contribution in [3.8, 4) is 6.07 Å². The van der Waals surface area contributed by atoms with E-state index in [0.29, 0.717) is 6.04 Å². The van der Waals surface area contributed by atoms with Crippen molar-refractivity contribution in [2.45, 2.75) is 76.8 Å². The first-order valence-corrected chi connectivity index (χ1v) is 8.63. The van der Waals surface area contributed by atoms with Crippen LogP contribution in [0.1, 0.15) is 65.2 Å². The van der Waals surface area contributed by atoms with Gasteiger partial charge in [-0.15, -0.1) is 0 Å². The Morgan fingerprint density at radius 3 is 2.60 bits per heavy atom. The minimum absolute atomic E-state index is 0.258. The van der Waals surface area contributed by atoms with Crippen molar-refractivity contribution < 1.29 is 0 Å². The van der Waals surface area contributed by atoms with Gasteiger partial charge in [-0.3, -0.25) is 5.32 Å². The minimum Gasteiger partial charge on any atom is -0.300 e. The number of nitrogens with one attached hydrogen (secondary N) is 1. The number of nitriles is 1. The molecule has 0 bridgehead atoms. The highest BCUT2D eigenvalue weighted by Gasteiger charge is 2.38. The third-order valence-electron chi connectivity index (χ3n) is 5.29. The molecule has 0 spiro atoms. The topological polar surface area (TPSA) is 39.1 Å². The molecule has 2 unspecified atom stereocenters. The van der Waals surface area contributed by atoms with Crippen LogP contribution in [0.15, 0.2) is 0 Å². The highest BCUT2D eigenvalue weighted by Crippen LogP contribution is 2.33. The minimum atomic E-state index is -0.258. The summed E-state index contributed by atoms with van der Waals surface area (Å²) in [6, 6.07) is 3.21. The predicted octanol–water partition coefficient (Wildman–Crippen LogP) is 3.31. The van der Waals surface area contributed by atoms with Crippen molar-refractivity contribution in [2.75, 3.05) is 19.6 Å². The van der Waals surface area contributed by atoms with Crippen molar-refractivity contribution in [1.29, 1.82) is 5.26 Å². The molecule has 0 saturated heterocycles. The van der Waals surface area contributed by atoms with Crippen LogP contribution < -0.4 is 5.32 Å². The van der Waals surface area contributed by atoms with Gasteiger partial charge in [0.1, 0.15) is 5.54 Å². The molecule has 114 valence electrons. The molecule has 0 amide bonds. The van der Waals surface area contributed by atoms with E-state index in [1.165, 1.54) is 38.6 Å². The standard InChI is InChI=1S/C17H31N3/c1-3-11-19-17(14-18)10-6-9-16(12-17)20(4-2)13-15-7-5-8-15/h15-16,19H,3-13H2,1-2H3. The highest BCUT2D eigenvalue weighted by molar-refractivity contribution is 5.11. The maximum Gasteiger partial charge on any atom is 0.108 e. The Balaban J connectivity index is 1.94. The quantitative estimate of drug-likeness (QED) is 0.776. The summed E-state index contributed by atoms with van der Waals surface area (Å²) >= 11 is 0. The van der Waals surface area contributed by atoms with Gasteiger partial charge in [-0.2, -0.15) is 5.26 Å². The van der Waals surface area contributed by atoms with Gasteiger partial charge in [0.25, 0.3) is 0 Å². The van der Waals surface area contributed by atoms with Crippen LogP contribution >= 0.6 is 0 Å². The van der Waals surface area contributed by atoms with Crippen molar-refractivity contribution in [1.82, 2.24) is 10.2 Å². The highest BCUT2D eigenvalue weighted by atomic mass is 15.2. The molecule has 3 nitrogen and oxygen atoms in total. The molecule has 3 heteroatoms. The van der Waals surface area contributed by atoms with Crippen LogP contribution in [0.4, 0.5) is 0 Å². The fourth-order valence-electron chi connectivity index (χ4n) is 3.77. The average molecular weight is 277 g/mol. The number of nitrogens with zero attached hydrogens (tertiary/aromatic N) is 2. The van der Waals surface area contributed by atoms with Gasteiger partial charge in [0.2, 0.25) is 0 Å². The summed E-state index contributed by atoms with van der Waals surface area (Å²) in [7, 11) is 0. The maximum atomic E-state index is 9.65. The van der Waals surface area contributed by atoms with Gasteiger partial charge < -0.3 is 4.90 Å². The molecule has 1 N–H and O–H groups in total. The van der Waals surface area contributed by atoms with E-state index in [1.807, 2.05) is 0 Å². The molecule has 0 aliphatic heterocycles. The van der Waals surface area contributed by atoms with Gasteiger partial charge in [0.05, 0.1) is 6.07 Å². The average Bonchev–Trinajstić information content (AvgIpc) is 2.44. The van der Waals surface area contributed by atoms with Gasteiger partial charge in [-0.1, -0.05) is 20.3 Å². The molecule has 0 aromatic carbocycles. The van der Waals surface area contributed by atoms with Gasteiger partial charge in [-0.05, 0) is 64.0 Å². The molecule has 20 heavy (non-hydrogen) atoms. The van der Waals surface area contributed by atoms with Crippen molar-refractivity contribution in [3.63, 3.8) is 0 Å². The Hall–Kier alpha value is -0.590. The molecular formula is C17H31N3. The summed E-state index contributed by atoms with van der Waals surface area (Å²) in [6.45, 7) is 7.82. The summed E-state index contributed by atoms with van der Waals surface area (Å²) < 4.78 is 0. The largest absolute Gasteiger partial charge is 0.300 e. The van der Waals surface area contributed by atoms with E-state index >= 15 is 0 Å². The first kappa shape index (κ1) is 15.8. The van der Waals surface area contributed by atoms with Crippen LogP contribution in [-0.4, -0.2) is 36.1 Å². The Morgan fingerprint density at radius 2 is 2.05 bits per heavy atom. The fourth-order valence-corrected chi connectivity index (χ4v) is 3.77. The van der Waals surface area contributed by atoms with Crippen LogP contribution in [-0.2, 0) is 0 Å². The molecule has 2 aliphatic carbocycles. The van der Waals surface area contributed by atoms with Gasteiger partial charge in [0.15, 0.2) is 0 Å². The molecule has 0 aromatic heterocycles. The maximum absolute atomic E-state index is 9.65. The molecule has 2 rings (SSSR count).